The van der Waals surface area contributed by atoms with Crippen molar-refractivity contribution in [1.82, 2.24) is 5.32 Å². The summed E-state index contributed by atoms with van der Waals surface area (Å²) < 4.78 is 0. The third-order valence-electron chi connectivity index (χ3n) is 3.54. The minimum atomic E-state index is -0.888. The maximum absolute atomic E-state index is 12.2. The largest absolute Gasteiger partial charge is 0.388 e. The average molecular weight is 281 g/mol. The molecule has 1 unspecified atom stereocenters. The Kier molecular flexibility index (Phi) is 5.44. The minimum Gasteiger partial charge on any atom is -0.388 e. The molecule has 0 saturated heterocycles. The summed E-state index contributed by atoms with van der Waals surface area (Å²) in [5, 5.41) is 13.0. The van der Waals surface area contributed by atoms with E-state index >= 15 is 0 Å². The third-order valence-corrected chi connectivity index (χ3v) is 4.27. The Bertz CT molecular complexity index is 455. The molecule has 2 N–H and O–H groups in total. The number of rotatable bonds is 5. The molecule has 0 aliphatic carbocycles. The monoisotopic (exact) mass is 281 g/mol. The fourth-order valence-electron chi connectivity index (χ4n) is 1.53. The molecule has 1 aromatic rings. The van der Waals surface area contributed by atoms with Gasteiger partial charge < -0.3 is 10.4 Å². The van der Waals surface area contributed by atoms with Crippen LogP contribution in [0, 0.1) is 12.8 Å². The van der Waals surface area contributed by atoms with E-state index in [0.717, 1.165) is 10.5 Å². The summed E-state index contributed by atoms with van der Waals surface area (Å²) in [6.07, 6.45) is 1.98. The van der Waals surface area contributed by atoms with Crippen molar-refractivity contribution >= 4 is 17.7 Å². The number of hydrogen-bond acceptors (Lipinski definition) is 3. The smallest absolute Gasteiger partial charge is 0.251 e. The maximum atomic E-state index is 12.2. The molecule has 106 valence electrons. The quantitative estimate of drug-likeness (QED) is 0.816. The molecule has 1 atom stereocenters. The topological polar surface area (TPSA) is 49.3 Å². The van der Waals surface area contributed by atoms with Crippen molar-refractivity contribution in [3.05, 3.63) is 29.3 Å². The van der Waals surface area contributed by atoms with Gasteiger partial charge in [0.05, 0.1) is 5.60 Å². The Morgan fingerprint density at radius 2 is 2.11 bits per heavy atom. The Balaban J connectivity index is 2.79. The average Bonchev–Trinajstić information content (AvgIpc) is 2.36. The summed E-state index contributed by atoms with van der Waals surface area (Å²) in [6, 6.07) is 5.84. The Morgan fingerprint density at radius 1 is 1.47 bits per heavy atom. The molecule has 0 radical (unpaired) electrons. The second-order valence-corrected chi connectivity index (χ2v) is 6.26. The SMILES string of the molecule is CSc1ccc(C)c(C(=O)NCC(C)(O)C(C)C)c1. The van der Waals surface area contributed by atoms with Crippen molar-refractivity contribution in [3.8, 4) is 0 Å². The van der Waals surface area contributed by atoms with Crippen molar-refractivity contribution < 1.29 is 9.90 Å². The zero-order valence-electron chi connectivity index (χ0n) is 12.3. The lowest BCUT2D eigenvalue weighted by atomic mass is 9.92. The number of nitrogens with one attached hydrogen (secondary N) is 1. The lowest BCUT2D eigenvalue weighted by Gasteiger charge is -2.27. The van der Waals surface area contributed by atoms with Crippen LogP contribution in [0.1, 0.15) is 36.7 Å². The Labute approximate surface area is 119 Å². The number of thioether (sulfide) groups is 1. The van der Waals surface area contributed by atoms with Crippen LogP contribution in [0.5, 0.6) is 0 Å². The second-order valence-electron chi connectivity index (χ2n) is 5.38. The summed E-state index contributed by atoms with van der Waals surface area (Å²) in [5.41, 5.74) is 0.728. The van der Waals surface area contributed by atoms with Crippen molar-refractivity contribution in [2.24, 2.45) is 5.92 Å². The second kappa shape index (κ2) is 6.44. The van der Waals surface area contributed by atoms with E-state index in [0.29, 0.717) is 5.56 Å². The lowest BCUT2D eigenvalue weighted by Crippen LogP contribution is -2.44. The number of aliphatic hydroxyl groups is 1. The van der Waals surface area contributed by atoms with Gasteiger partial charge in [0.1, 0.15) is 0 Å². The molecular formula is C15H23NO2S. The highest BCUT2D eigenvalue weighted by Gasteiger charge is 2.25. The van der Waals surface area contributed by atoms with E-state index in [1.54, 1.807) is 18.7 Å². The fourth-order valence-corrected chi connectivity index (χ4v) is 1.97. The number of amides is 1. The molecule has 1 rings (SSSR count). The van der Waals surface area contributed by atoms with E-state index in [4.69, 9.17) is 0 Å². The van der Waals surface area contributed by atoms with Crippen molar-refractivity contribution in [3.63, 3.8) is 0 Å². The number of benzene rings is 1. The van der Waals surface area contributed by atoms with Crippen LogP contribution in [0.2, 0.25) is 0 Å². The number of aryl methyl sites for hydroxylation is 1. The van der Waals surface area contributed by atoms with E-state index in [1.807, 2.05) is 45.2 Å². The van der Waals surface area contributed by atoms with E-state index < -0.39 is 5.60 Å². The van der Waals surface area contributed by atoms with Gasteiger partial charge in [-0.15, -0.1) is 11.8 Å². The molecule has 0 aromatic heterocycles. The van der Waals surface area contributed by atoms with E-state index in [-0.39, 0.29) is 18.4 Å². The Morgan fingerprint density at radius 3 is 2.63 bits per heavy atom. The van der Waals surface area contributed by atoms with Gasteiger partial charge in [-0.3, -0.25) is 4.79 Å². The zero-order valence-corrected chi connectivity index (χ0v) is 13.1. The Hall–Kier alpha value is -1.00. The highest BCUT2D eigenvalue weighted by atomic mass is 32.2. The molecule has 0 heterocycles. The standard InChI is InChI=1S/C15H23NO2S/c1-10(2)15(4,18)9-16-14(17)13-8-12(19-5)7-6-11(13)3/h6-8,10,18H,9H2,1-5H3,(H,16,17). The summed E-state index contributed by atoms with van der Waals surface area (Å²) in [4.78, 5) is 13.2. The molecule has 0 aliphatic heterocycles. The van der Waals surface area contributed by atoms with Crippen molar-refractivity contribution in [1.29, 1.82) is 0 Å². The van der Waals surface area contributed by atoms with Gasteiger partial charge in [0.2, 0.25) is 0 Å². The van der Waals surface area contributed by atoms with Crippen LogP contribution in [-0.4, -0.2) is 29.4 Å². The fraction of sp³-hybridized carbons (Fsp3) is 0.533. The van der Waals surface area contributed by atoms with Gasteiger partial charge >= 0.3 is 0 Å². The summed E-state index contributed by atoms with van der Waals surface area (Å²) in [7, 11) is 0. The van der Waals surface area contributed by atoms with Crippen LogP contribution < -0.4 is 5.32 Å². The van der Waals surface area contributed by atoms with Crippen LogP contribution in [0.25, 0.3) is 0 Å². The first kappa shape index (κ1) is 16.1. The molecule has 4 heteroatoms. The summed E-state index contributed by atoms with van der Waals surface area (Å²) >= 11 is 1.61. The summed E-state index contributed by atoms with van der Waals surface area (Å²) in [6.45, 7) is 7.78. The van der Waals surface area contributed by atoms with Gasteiger partial charge in [-0.2, -0.15) is 0 Å². The zero-order chi connectivity index (χ0) is 14.6. The number of carbonyl (C=O) groups excluding carboxylic acids is 1. The first-order valence-electron chi connectivity index (χ1n) is 6.43. The highest BCUT2D eigenvalue weighted by Crippen LogP contribution is 2.20. The van der Waals surface area contributed by atoms with Crippen LogP contribution >= 0.6 is 11.8 Å². The molecule has 1 aromatic carbocycles. The summed E-state index contributed by atoms with van der Waals surface area (Å²) in [5.74, 6) is -0.0410. The van der Waals surface area contributed by atoms with Gasteiger partial charge in [0, 0.05) is 17.0 Å². The van der Waals surface area contributed by atoms with E-state index in [1.165, 1.54) is 0 Å². The van der Waals surface area contributed by atoms with Crippen molar-refractivity contribution in [2.45, 2.75) is 38.2 Å². The van der Waals surface area contributed by atoms with Crippen LogP contribution in [0.15, 0.2) is 23.1 Å². The first-order valence-corrected chi connectivity index (χ1v) is 7.65. The molecular weight excluding hydrogens is 258 g/mol. The number of hydrogen-bond donors (Lipinski definition) is 2. The van der Waals surface area contributed by atoms with Gasteiger partial charge in [0.15, 0.2) is 0 Å². The van der Waals surface area contributed by atoms with Gasteiger partial charge in [0.25, 0.3) is 5.91 Å². The predicted octanol–water partition coefficient (Wildman–Crippen LogP) is 2.85. The molecule has 0 bridgehead atoms. The first-order chi connectivity index (χ1) is 8.77. The van der Waals surface area contributed by atoms with E-state index in [9.17, 15) is 9.90 Å². The van der Waals surface area contributed by atoms with E-state index in [2.05, 4.69) is 5.32 Å². The molecule has 3 nitrogen and oxygen atoms in total. The normalized spacial score (nSPS) is 14.3. The van der Waals surface area contributed by atoms with Gasteiger partial charge in [-0.25, -0.2) is 0 Å². The predicted molar refractivity (Wildman–Crippen MR) is 80.8 cm³/mol. The lowest BCUT2D eigenvalue weighted by molar-refractivity contribution is 0.0142. The molecule has 0 fully saturated rings. The molecule has 0 saturated carbocycles. The van der Waals surface area contributed by atoms with Crippen LogP contribution in [0.4, 0.5) is 0 Å². The highest BCUT2D eigenvalue weighted by molar-refractivity contribution is 7.98. The molecule has 19 heavy (non-hydrogen) atoms. The third kappa shape index (κ3) is 4.25. The molecule has 1 amide bonds. The van der Waals surface area contributed by atoms with Gasteiger partial charge in [-0.1, -0.05) is 19.9 Å². The van der Waals surface area contributed by atoms with Crippen LogP contribution in [0.3, 0.4) is 0 Å². The van der Waals surface area contributed by atoms with Crippen molar-refractivity contribution in [2.75, 3.05) is 12.8 Å². The minimum absolute atomic E-state index is 0.0893. The molecule has 0 aliphatic rings. The van der Waals surface area contributed by atoms with Gasteiger partial charge in [-0.05, 0) is 43.7 Å². The molecule has 0 spiro atoms. The number of carbonyl (C=O) groups is 1. The van der Waals surface area contributed by atoms with Crippen LogP contribution in [-0.2, 0) is 0 Å². The maximum Gasteiger partial charge on any atom is 0.251 e.